The van der Waals surface area contributed by atoms with Crippen LogP contribution >= 0.6 is 11.3 Å². The number of anilines is 1. The number of rotatable bonds is 4. The summed E-state index contributed by atoms with van der Waals surface area (Å²) in [5.41, 5.74) is 2.74. The van der Waals surface area contributed by atoms with Gasteiger partial charge in [0, 0.05) is 31.5 Å². The first-order valence-electron chi connectivity index (χ1n) is 10.3. The Morgan fingerprint density at radius 2 is 1.82 bits per heavy atom. The number of ether oxygens (including phenoxy) is 1. The summed E-state index contributed by atoms with van der Waals surface area (Å²) >= 11 is 1.77. The summed E-state index contributed by atoms with van der Waals surface area (Å²) in [6.45, 7) is 1.98. The molecule has 0 spiro atoms. The molecule has 0 N–H and O–H groups in total. The average molecular weight is 628 g/mol. The molecule has 33 heavy (non-hydrogen) atoms. The van der Waals surface area contributed by atoms with Crippen LogP contribution in [-0.2, 0) is 21.1 Å². The summed E-state index contributed by atoms with van der Waals surface area (Å²) in [6, 6.07) is 30.9. The first-order valence-corrected chi connectivity index (χ1v) is 11.1. The molecular formula is C27H18N3OPtS-3. The number of nitrogens with zero attached hydrogens (tertiary/aromatic N) is 3. The zero-order chi connectivity index (χ0) is 21.5. The maximum atomic E-state index is 6.08. The van der Waals surface area contributed by atoms with Crippen LogP contribution in [0.15, 0.2) is 85.2 Å². The Kier molecular flexibility index (Phi) is 5.92. The maximum absolute atomic E-state index is 6.08. The Labute approximate surface area is 211 Å². The van der Waals surface area contributed by atoms with E-state index in [2.05, 4.69) is 42.5 Å². The summed E-state index contributed by atoms with van der Waals surface area (Å²) in [5, 5.41) is 2.49. The second-order valence-corrected chi connectivity index (χ2v) is 8.60. The van der Waals surface area contributed by atoms with Gasteiger partial charge in [0.25, 0.3) is 0 Å². The minimum atomic E-state index is 0. The Hall–Kier alpha value is -3.14. The van der Waals surface area contributed by atoms with E-state index in [1.54, 1.807) is 11.3 Å². The molecule has 2 aromatic heterocycles. The quantitative estimate of drug-likeness (QED) is 0.204. The first-order chi connectivity index (χ1) is 15.7. The average Bonchev–Trinajstić information content (AvgIpc) is 3.43. The largest absolute Gasteiger partial charge is 0.510 e. The molecule has 0 unspecified atom stereocenters. The predicted octanol–water partition coefficient (Wildman–Crippen LogP) is 6.85. The van der Waals surface area contributed by atoms with Crippen LogP contribution in [-0.4, -0.2) is 16.9 Å². The Morgan fingerprint density at radius 3 is 2.70 bits per heavy atom. The summed E-state index contributed by atoms with van der Waals surface area (Å²) in [7, 11) is 1.99. The van der Waals surface area contributed by atoms with Gasteiger partial charge < -0.3 is 14.5 Å². The number of benzene rings is 3. The van der Waals surface area contributed by atoms with Crippen molar-refractivity contribution in [3.8, 4) is 22.9 Å². The van der Waals surface area contributed by atoms with E-state index >= 15 is 0 Å². The molecule has 0 fully saturated rings. The van der Waals surface area contributed by atoms with Crippen LogP contribution in [0.3, 0.4) is 0 Å². The van der Waals surface area contributed by atoms with E-state index < -0.39 is 0 Å². The summed E-state index contributed by atoms with van der Waals surface area (Å²) in [4.78, 5) is 8.76. The van der Waals surface area contributed by atoms with Crippen molar-refractivity contribution < 1.29 is 25.8 Å². The van der Waals surface area contributed by atoms with Crippen LogP contribution in [0.2, 0.25) is 0 Å². The molecule has 0 saturated carbocycles. The van der Waals surface area contributed by atoms with Crippen molar-refractivity contribution in [1.82, 2.24) is 9.88 Å². The molecular weight excluding hydrogens is 609 g/mol. The molecule has 4 nitrogen and oxygen atoms in total. The van der Waals surface area contributed by atoms with E-state index in [4.69, 9.17) is 9.72 Å². The third kappa shape index (κ3) is 4.15. The Morgan fingerprint density at radius 1 is 0.939 bits per heavy atom. The van der Waals surface area contributed by atoms with Gasteiger partial charge in [-0.1, -0.05) is 35.7 Å². The van der Waals surface area contributed by atoms with Gasteiger partial charge in [-0.05, 0) is 47.4 Å². The predicted molar refractivity (Wildman–Crippen MR) is 130 cm³/mol. The topological polar surface area (TPSA) is 28.6 Å². The van der Waals surface area contributed by atoms with E-state index in [1.165, 1.54) is 20.2 Å². The van der Waals surface area contributed by atoms with Crippen LogP contribution < -0.4 is 9.64 Å². The molecule has 0 radical (unpaired) electrons. The molecule has 5 aromatic rings. The molecule has 3 aromatic carbocycles. The minimum absolute atomic E-state index is 0. The van der Waals surface area contributed by atoms with Crippen molar-refractivity contribution in [1.29, 1.82) is 0 Å². The van der Waals surface area contributed by atoms with Crippen molar-refractivity contribution in [3.05, 3.63) is 104 Å². The van der Waals surface area contributed by atoms with E-state index in [0.29, 0.717) is 11.6 Å². The van der Waals surface area contributed by atoms with Gasteiger partial charge in [-0.3, -0.25) is 4.98 Å². The van der Waals surface area contributed by atoms with E-state index in [9.17, 15) is 0 Å². The van der Waals surface area contributed by atoms with Gasteiger partial charge in [-0.2, -0.15) is 24.1 Å². The van der Waals surface area contributed by atoms with Gasteiger partial charge in [0.15, 0.2) is 0 Å². The van der Waals surface area contributed by atoms with Gasteiger partial charge in [0.2, 0.25) is 5.88 Å². The number of pyridine rings is 1. The maximum Gasteiger partial charge on any atom is 0.207 e. The van der Waals surface area contributed by atoms with Crippen LogP contribution in [0.1, 0.15) is 0 Å². The summed E-state index contributed by atoms with van der Waals surface area (Å²) < 4.78 is 8.53. The fourth-order valence-electron chi connectivity index (χ4n) is 3.84. The third-order valence-corrected chi connectivity index (χ3v) is 6.54. The molecule has 1 aliphatic heterocycles. The SMILES string of the molecule is CN1C=CN(c2[c-]c(Oc3cccc(-c4[c-]ccc5c4sc4ccccc45)n3)ccc2)[CH-]1.[Pt]. The third-order valence-electron chi connectivity index (χ3n) is 5.33. The number of hydrogen-bond donors (Lipinski definition) is 0. The monoisotopic (exact) mass is 627 g/mol. The standard InChI is InChI=1S/C27H18N3OS.Pt/c1-29-15-16-30(18-29)19-7-4-8-20(17-19)31-26-14-6-12-24(28-26)23-11-5-10-22-21-9-2-3-13-25(21)32-27(22)23;/h2-10,12-16,18H,1H3;/q-3;. The van der Waals surface area contributed by atoms with E-state index in [0.717, 1.165) is 16.9 Å². The molecule has 6 heteroatoms. The Balaban J connectivity index is 0.00000228. The smallest absolute Gasteiger partial charge is 0.207 e. The molecule has 6 rings (SSSR count). The van der Waals surface area contributed by atoms with Crippen LogP contribution in [0.5, 0.6) is 11.6 Å². The molecule has 0 amide bonds. The molecule has 3 heterocycles. The van der Waals surface area contributed by atoms with Crippen molar-refractivity contribution >= 4 is 37.2 Å². The van der Waals surface area contributed by atoms with Crippen LogP contribution in [0, 0.1) is 18.8 Å². The zero-order valence-electron chi connectivity index (χ0n) is 17.6. The molecule has 1 aliphatic rings. The normalized spacial score (nSPS) is 13.0. The van der Waals surface area contributed by atoms with Crippen molar-refractivity contribution in [2.75, 3.05) is 11.9 Å². The first kappa shape index (κ1) is 21.7. The summed E-state index contributed by atoms with van der Waals surface area (Å²) in [5.74, 6) is 1.15. The van der Waals surface area contributed by atoms with E-state index in [1.807, 2.05) is 78.4 Å². The number of aromatic nitrogens is 1. The fourth-order valence-corrected chi connectivity index (χ4v) is 5.05. The van der Waals surface area contributed by atoms with Gasteiger partial charge >= 0.3 is 0 Å². The number of fused-ring (bicyclic) bond motifs is 3. The molecule has 0 bridgehead atoms. The Bertz CT molecular complexity index is 1480. The molecule has 0 atom stereocenters. The number of thiophene rings is 1. The molecule has 0 aliphatic carbocycles. The second kappa shape index (κ2) is 9.01. The van der Waals surface area contributed by atoms with Gasteiger partial charge in [0.05, 0.1) is 0 Å². The van der Waals surface area contributed by atoms with Crippen molar-refractivity contribution in [3.63, 3.8) is 0 Å². The van der Waals surface area contributed by atoms with Gasteiger partial charge in [0.1, 0.15) is 0 Å². The fraction of sp³-hybridized carbons (Fsp3) is 0.0370. The molecule has 166 valence electrons. The van der Waals surface area contributed by atoms with E-state index in [-0.39, 0.29) is 21.1 Å². The molecule has 0 saturated heterocycles. The van der Waals surface area contributed by atoms with Gasteiger partial charge in [-0.15, -0.1) is 47.6 Å². The van der Waals surface area contributed by atoms with Crippen LogP contribution in [0.4, 0.5) is 5.69 Å². The zero-order valence-corrected chi connectivity index (χ0v) is 20.7. The number of hydrogen-bond acceptors (Lipinski definition) is 5. The van der Waals surface area contributed by atoms with Gasteiger partial charge in [-0.25, -0.2) is 0 Å². The second-order valence-electron chi connectivity index (χ2n) is 7.54. The van der Waals surface area contributed by atoms with Crippen molar-refractivity contribution in [2.45, 2.75) is 0 Å². The minimum Gasteiger partial charge on any atom is -0.510 e. The van der Waals surface area contributed by atoms with Crippen LogP contribution in [0.25, 0.3) is 31.4 Å². The summed E-state index contributed by atoms with van der Waals surface area (Å²) in [6.07, 6.45) is 3.97. The van der Waals surface area contributed by atoms with Crippen molar-refractivity contribution in [2.24, 2.45) is 0 Å².